The van der Waals surface area contributed by atoms with E-state index >= 15 is 0 Å². The number of alkyl carbamates (subject to hydrolysis) is 1. The molecule has 34 heavy (non-hydrogen) atoms. The number of carbonyl (C=O) groups is 3. The van der Waals surface area contributed by atoms with Gasteiger partial charge in [0.15, 0.2) is 0 Å². The number of carbonyl (C=O) groups excluding carboxylic acids is 2. The Bertz CT molecular complexity index is 1060. The number of rotatable bonds is 7. The van der Waals surface area contributed by atoms with Gasteiger partial charge in [-0.3, -0.25) is 4.79 Å². The molecule has 2 aromatic carbocycles. The van der Waals surface area contributed by atoms with Gasteiger partial charge in [0.1, 0.15) is 12.1 Å². The molecule has 0 radical (unpaired) electrons. The minimum Gasteiger partial charge on any atom is -0.480 e. The molecule has 178 valence electrons. The quantitative estimate of drug-likeness (QED) is 0.576. The zero-order chi connectivity index (χ0) is 23.7. The van der Waals surface area contributed by atoms with E-state index in [0.717, 1.165) is 30.4 Å². The van der Waals surface area contributed by atoms with Crippen LogP contribution in [0, 0.1) is 11.8 Å². The fourth-order valence-electron chi connectivity index (χ4n) is 5.74. The van der Waals surface area contributed by atoms with Gasteiger partial charge in [-0.25, -0.2) is 9.59 Å². The van der Waals surface area contributed by atoms with Crippen molar-refractivity contribution in [3.63, 3.8) is 0 Å². The monoisotopic (exact) mass is 462 g/mol. The van der Waals surface area contributed by atoms with Gasteiger partial charge in [-0.2, -0.15) is 0 Å². The molecule has 7 nitrogen and oxygen atoms in total. The average molecular weight is 463 g/mol. The summed E-state index contributed by atoms with van der Waals surface area (Å²) in [4.78, 5) is 36.9. The molecule has 5 rings (SSSR count). The molecule has 0 heterocycles. The predicted octanol–water partition coefficient (Wildman–Crippen LogP) is 4.06. The highest BCUT2D eigenvalue weighted by molar-refractivity contribution is 5.89. The van der Waals surface area contributed by atoms with Crippen molar-refractivity contribution in [3.05, 3.63) is 59.7 Å². The Morgan fingerprint density at radius 2 is 1.59 bits per heavy atom. The number of nitrogens with one attached hydrogen (secondary N) is 2. The Morgan fingerprint density at radius 1 is 0.941 bits per heavy atom. The highest BCUT2D eigenvalue weighted by Gasteiger charge is 2.47. The van der Waals surface area contributed by atoms with E-state index in [-0.39, 0.29) is 30.3 Å². The van der Waals surface area contributed by atoms with Crippen LogP contribution < -0.4 is 10.6 Å². The van der Waals surface area contributed by atoms with Gasteiger partial charge in [0, 0.05) is 18.4 Å². The number of carboxylic acid groups (broad SMARTS) is 1. The van der Waals surface area contributed by atoms with Crippen molar-refractivity contribution in [1.82, 2.24) is 10.6 Å². The first-order chi connectivity index (χ1) is 16.5. The third-order valence-corrected chi connectivity index (χ3v) is 7.83. The molecule has 3 aliphatic carbocycles. The van der Waals surface area contributed by atoms with Crippen LogP contribution in [0.15, 0.2) is 48.5 Å². The lowest BCUT2D eigenvalue weighted by Crippen LogP contribution is -2.60. The number of ether oxygens (including phenoxy) is 1. The second-order valence-electron chi connectivity index (χ2n) is 9.73. The molecule has 2 unspecified atom stereocenters. The molecule has 0 aromatic heterocycles. The zero-order valence-corrected chi connectivity index (χ0v) is 19.1. The van der Waals surface area contributed by atoms with Crippen molar-refractivity contribution in [3.8, 4) is 11.1 Å². The molecule has 2 amide bonds. The van der Waals surface area contributed by atoms with E-state index in [9.17, 15) is 19.5 Å². The van der Waals surface area contributed by atoms with E-state index in [1.54, 1.807) is 0 Å². The highest BCUT2D eigenvalue weighted by Crippen LogP contribution is 2.44. The summed E-state index contributed by atoms with van der Waals surface area (Å²) < 4.78 is 5.61. The Labute approximate surface area is 198 Å². The Balaban J connectivity index is 1.15. The van der Waals surface area contributed by atoms with Crippen LogP contribution in [-0.4, -0.2) is 41.8 Å². The molecular formula is C27H30N2O5. The molecule has 2 atom stereocenters. The maximum atomic E-state index is 12.8. The first-order valence-electron chi connectivity index (χ1n) is 12.1. The third kappa shape index (κ3) is 4.04. The Hall–Kier alpha value is -3.35. The summed E-state index contributed by atoms with van der Waals surface area (Å²) in [7, 11) is 0. The topological polar surface area (TPSA) is 105 Å². The predicted molar refractivity (Wildman–Crippen MR) is 126 cm³/mol. The maximum Gasteiger partial charge on any atom is 0.407 e. The summed E-state index contributed by atoms with van der Waals surface area (Å²) in [6.07, 6.45) is 3.68. The Morgan fingerprint density at radius 3 is 2.18 bits per heavy atom. The molecule has 0 aliphatic heterocycles. The van der Waals surface area contributed by atoms with Gasteiger partial charge in [-0.15, -0.1) is 0 Å². The van der Waals surface area contributed by atoms with E-state index in [2.05, 4.69) is 34.9 Å². The normalized spacial score (nSPS) is 22.2. The fourth-order valence-corrected chi connectivity index (χ4v) is 5.74. The minimum atomic E-state index is -1.11. The molecule has 3 N–H and O–H groups in total. The van der Waals surface area contributed by atoms with Gasteiger partial charge < -0.3 is 20.5 Å². The largest absolute Gasteiger partial charge is 0.480 e. The second kappa shape index (κ2) is 9.12. The van der Waals surface area contributed by atoms with Crippen LogP contribution in [0.2, 0.25) is 0 Å². The summed E-state index contributed by atoms with van der Waals surface area (Å²) in [5.74, 6) is -1.48. The molecule has 2 aromatic rings. The first-order valence-corrected chi connectivity index (χ1v) is 12.1. The van der Waals surface area contributed by atoms with Gasteiger partial charge >= 0.3 is 12.1 Å². The van der Waals surface area contributed by atoms with Gasteiger partial charge in [0.2, 0.25) is 5.91 Å². The lowest BCUT2D eigenvalue weighted by Gasteiger charge is -2.39. The fraction of sp³-hybridized carbons (Fsp3) is 0.444. The van der Waals surface area contributed by atoms with Crippen molar-refractivity contribution >= 4 is 18.0 Å². The van der Waals surface area contributed by atoms with E-state index < -0.39 is 17.6 Å². The number of hydrogen-bond acceptors (Lipinski definition) is 4. The van der Waals surface area contributed by atoms with Gasteiger partial charge in [-0.05, 0) is 60.3 Å². The van der Waals surface area contributed by atoms with Crippen LogP contribution in [0.4, 0.5) is 4.79 Å². The number of amides is 2. The highest BCUT2D eigenvalue weighted by atomic mass is 16.5. The minimum absolute atomic E-state index is 0.00200. The number of aliphatic carboxylic acids is 1. The van der Waals surface area contributed by atoms with Gasteiger partial charge in [0.05, 0.1) is 0 Å². The second-order valence-corrected chi connectivity index (χ2v) is 9.73. The molecule has 0 saturated heterocycles. The zero-order valence-electron chi connectivity index (χ0n) is 19.1. The summed E-state index contributed by atoms with van der Waals surface area (Å²) in [6.45, 7) is 0.588. The Kier molecular flexibility index (Phi) is 6.02. The van der Waals surface area contributed by atoms with Crippen LogP contribution in [0.25, 0.3) is 11.1 Å². The van der Waals surface area contributed by atoms with Crippen LogP contribution >= 0.6 is 0 Å². The van der Waals surface area contributed by atoms with E-state index in [1.165, 1.54) is 11.1 Å². The SMILES string of the molecule is O=C(NCC1CCCC1C(=O)NC1(C(=O)O)CCC1)OCC1c2ccccc2-c2ccccc21. The lowest BCUT2D eigenvalue weighted by molar-refractivity contribution is -0.152. The van der Waals surface area contributed by atoms with Crippen molar-refractivity contribution < 1.29 is 24.2 Å². The van der Waals surface area contributed by atoms with E-state index in [4.69, 9.17) is 4.74 Å². The summed E-state index contributed by atoms with van der Waals surface area (Å²) >= 11 is 0. The molecule has 0 spiro atoms. The summed E-state index contributed by atoms with van der Waals surface area (Å²) in [5, 5.41) is 15.1. The van der Waals surface area contributed by atoms with Crippen molar-refractivity contribution in [2.75, 3.05) is 13.2 Å². The van der Waals surface area contributed by atoms with E-state index in [0.29, 0.717) is 25.8 Å². The molecule has 0 bridgehead atoms. The van der Waals surface area contributed by atoms with Crippen molar-refractivity contribution in [1.29, 1.82) is 0 Å². The first kappa shape index (κ1) is 22.4. The number of fused-ring (bicyclic) bond motifs is 3. The summed E-state index contributed by atoms with van der Waals surface area (Å²) in [5.41, 5.74) is 3.57. The molecule has 7 heteroatoms. The van der Waals surface area contributed by atoms with Crippen LogP contribution in [0.5, 0.6) is 0 Å². The molecule has 2 saturated carbocycles. The molecule has 3 aliphatic rings. The number of benzene rings is 2. The van der Waals surface area contributed by atoms with Crippen molar-refractivity contribution in [2.24, 2.45) is 11.8 Å². The average Bonchev–Trinajstić information content (AvgIpc) is 3.41. The van der Waals surface area contributed by atoms with Gasteiger partial charge in [0.25, 0.3) is 0 Å². The number of carboxylic acids is 1. The van der Waals surface area contributed by atoms with Crippen LogP contribution in [-0.2, 0) is 14.3 Å². The van der Waals surface area contributed by atoms with Crippen LogP contribution in [0.1, 0.15) is 55.6 Å². The van der Waals surface area contributed by atoms with Gasteiger partial charge in [-0.1, -0.05) is 55.0 Å². The van der Waals surface area contributed by atoms with Crippen LogP contribution in [0.3, 0.4) is 0 Å². The number of hydrogen-bond donors (Lipinski definition) is 3. The molecule has 2 fully saturated rings. The lowest BCUT2D eigenvalue weighted by atomic mass is 9.76. The smallest absolute Gasteiger partial charge is 0.407 e. The van der Waals surface area contributed by atoms with Crippen molar-refractivity contribution in [2.45, 2.75) is 50.0 Å². The standard InChI is InChI=1S/C27H30N2O5/c30-24(29-27(25(31)32)13-6-14-27)18-12-5-7-17(18)15-28-26(33)34-16-23-21-10-3-1-8-19(21)20-9-2-4-11-22(20)23/h1-4,8-11,17-18,23H,5-7,12-16H2,(H,28,33)(H,29,30)(H,31,32). The maximum absolute atomic E-state index is 12.8. The summed E-state index contributed by atoms with van der Waals surface area (Å²) in [6, 6.07) is 16.4. The third-order valence-electron chi connectivity index (χ3n) is 7.83. The van der Waals surface area contributed by atoms with E-state index in [1.807, 2.05) is 24.3 Å². The molecular weight excluding hydrogens is 432 g/mol.